The summed E-state index contributed by atoms with van der Waals surface area (Å²) in [7, 11) is 1.27. The molecule has 0 aliphatic heterocycles. The predicted octanol–water partition coefficient (Wildman–Crippen LogP) is 1.57. The van der Waals surface area contributed by atoms with Gasteiger partial charge in [0.05, 0.1) is 12.7 Å². The zero-order chi connectivity index (χ0) is 15.2. The van der Waals surface area contributed by atoms with Crippen LogP contribution in [0.15, 0.2) is 36.4 Å². The van der Waals surface area contributed by atoms with Gasteiger partial charge in [-0.15, -0.1) is 10.2 Å². The third-order valence-electron chi connectivity index (χ3n) is 2.73. The van der Waals surface area contributed by atoms with E-state index in [1.165, 1.54) is 25.3 Å². The molecule has 7 heteroatoms. The second kappa shape index (κ2) is 6.47. The number of carbonyl (C=O) groups excluding carboxylic acids is 1. The fourth-order valence-electron chi connectivity index (χ4n) is 1.60. The first-order chi connectivity index (χ1) is 10.1. The van der Waals surface area contributed by atoms with Gasteiger partial charge in [0.1, 0.15) is 5.82 Å². The Kier molecular flexibility index (Phi) is 4.45. The molecule has 0 unspecified atom stereocenters. The topological polar surface area (TPSA) is 101 Å². The zero-order valence-electron chi connectivity index (χ0n) is 11.2. The van der Waals surface area contributed by atoms with Crippen molar-refractivity contribution in [2.45, 2.75) is 6.54 Å². The Bertz CT molecular complexity index is 638. The standard InChI is InChI=1S/C14H13N3O4/c1-21-14(20)11-6-7-12(17-16-11)15-8-9-2-4-10(5-3-9)13(18)19/h2-7H,8H2,1H3,(H,15,17)(H,18,19). The van der Waals surface area contributed by atoms with Gasteiger partial charge >= 0.3 is 11.9 Å². The number of esters is 1. The maximum atomic E-state index is 11.2. The maximum absolute atomic E-state index is 11.2. The van der Waals surface area contributed by atoms with Gasteiger partial charge in [-0.2, -0.15) is 0 Å². The smallest absolute Gasteiger partial charge is 0.358 e. The number of carboxylic acids is 1. The minimum atomic E-state index is -0.959. The number of hydrogen-bond acceptors (Lipinski definition) is 6. The second-order valence-electron chi connectivity index (χ2n) is 4.15. The Morgan fingerprint density at radius 1 is 1.14 bits per heavy atom. The summed E-state index contributed by atoms with van der Waals surface area (Å²) in [6, 6.07) is 9.62. The molecule has 1 heterocycles. The fourth-order valence-corrected chi connectivity index (χ4v) is 1.60. The minimum Gasteiger partial charge on any atom is -0.478 e. The third kappa shape index (κ3) is 3.75. The number of nitrogens with zero attached hydrogens (tertiary/aromatic N) is 2. The Morgan fingerprint density at radius 2 is 1.86 bits per heavy atom. The van der Waals surface area contributed by atoms with E-state index in [0.29, 0.717) is 12.4 Å². The van der Waals surface area contributed by atoms with E-state index in [4.69, 9.17) is 5.11 Å². The van der Waals surface area contributed by atoms with Gasteiger partial charge in [0.25, 0.3) is 0 Å². The summed E-state index contributed by atoms with van der Waals surface area (Å²) in [5, 5.41) is 19.4. The average molecular weight is 287 g/mol. The molecular weight excluding hydrogens is 274 g/mol. The van der Waals surface area contributed by atoms with Gasteiger partial charge in [-0.25, -0.2) is 9.59 Å². The van der Waals surface area contributed by atoms with Crippen molar-refractivity contribution in [3.8, 4) is 0 Å². The highest BCUT2D eigenvalue weighted by Crippen LogP contribution is 2.08. The van der Waals surface area contributed by atoms with E-state index in [-0.39, 0.29) is 11.3 Å². The monoisotopic (exact) mass is 287 g/mol. The molecule has 0 spiro atoms. The molecule has 1 aromatic carbocycles. The molecule has 0 aliphatic rings. The second-order valence-corrected chi connectivity index (χ2v) is 4.15. The van der Waals surface area contributed by atoms with Crippen molar-refractivity contribution in [1.29, 1.82) is 0 Å². The molecule has 2 aromatic rings. The van der Waals surface area contributed by atoms with Gasteiger partial charge in [-0.05, 0) is 29.8 Å². The summed E-state index contributed by atoms with van der Waals surface area (Å²) >= 11 is 0. The van der Waals surface area contributed by atoms with E-state index in [0.717, 1.165) is 5.56 Å². The molecule has 0 aliphatic carbocycles. The molecule has 0 bridgehead atoms. The SMILES string of the molecule is COC(=O)c1ccc(NCc2ccc(C(=O)O)cc2)nn1. The third-order valence-corrected chi connectivity index (χ3v) is 2.73. The fraction of sp³-hybridized carbons (Fsp3) is 0.143. The summed E-state index contributed by atoms with van der Waals surface area (Å²) in [5.41, 5.74) is 1.27. The van der Waals surface area contributed by atoms with Crippen LogP contribution in [0.3, 0.4) is 0 Å². The molecule has 1 aromatic heterocycles. The summed E-state index contributed by atoms with van der Waals surface area (Å²) in [6.45, 7) is 0.464. The molecule has 0 saturated heterocycles. The normalized spacial score (nSPS) is 9.95. The Balaban J connectivity index is 1.96. The van der Waals surface area contributed by atoms with Crippen LogP contribution in [-0.4, -0.2) is 34.4 Å². The molecular formula is C14H13N3O4. The van der Waals surface area contributed by atoms with Gasteiger partial charge in [0.15, 0.2) is 5.69 Å². The van der Waals surface area contributed by atoms with Crippen LogP contribution in [0, 0.1) is 0 Å². The number of methoxy groups -OCH3 is 1. The highest BCUT2D eigenvalue weighted by Gasteiger charge is 2.07. The molecule has 0 amide bonds. The first kappa shape index (κ1) is 14.4. The van der Waals surface area contributed by atoms with E-state index in [2.05, 4.69) is 20.3 Å². The number of aromatic carboxylic acids is 1. The van der Waals surface area contributed by atoms with Crippen molar-refractivity contribution in [3.05, 3.63) is 53.2 Å². The van der Waals surface area contributed by atoms with Crippen molar-refractivity contribution in [3.63, 3.8) is 0 Å². The van der Waals surface area contributed by atoms with Crippen molar-refractivity contribution >= 4 is 17.8 Å². The van der Waals surface area contributed by atoms with Crippen LogP contribution in [-0.2, 0) is 11.3 Å². The first-order valence-electron chi connectivity index (χ1n) is 6.08. The van der Waals surface area contributed by atoms with Crippen LogP contribution in [0.5, 0.6) is 0 Å². The number of anilines is 1. The quantitative estimate of drug-likeness (QED) is 0.805. The van der Waals surface area contributed by atoms with Crippen LogP contribution in [0.1, 0.15) is 26.4 Å². The number of carbonyl (C=O) groups is 2. The van der Waals surface area contributed by atoms with Crippen LogP contribution in [0.25, 0.3) is 0 Å². The van der Waals surface area contributed by atoms with Crippen LogP contribution in [0.2, 0.25) is 0 Å². The Labute approximate surface area is 120 Å². The lowest BCUT2D eigenvalue weighted by atomic mass is 10.1. The van der Waals surface area contributed by atoms with Crippen LogP contribution in [0.4, 0.5) is 5.82 Å². The van der Waals surface area contributed by atoms with E-state index in [1.54, 1.807) is 18.2 Å². The minimum absolute atomic E-state index is 0.133. The van der Waals surface area contributed by atoms with Gasteiger partial charge in [0.2, 0.25) is 0 Å². The molecule has 2 rings (SSSR count). The predicted molar refractivity (Wildman–Crippen MR) is 74.1 cm³/mol. The van der Waals surface area contributed by atoms with E-state index in [1.807, 2.05) is 0 Å². The average Bonchev–Trinajstić information content (AvgIpc) is 2.53. The van der Waals surface area contributed by atoms with Crippen molar-refractivity contribution in [2.75, 3.05) is 12.4 Å². The van der Waals surface area contributed by atoms with Crippen LogP contribution >= 0.6 is 0 Å². The number of rotatable bonds is 5. The van der Waals surface area contributed by atoms with Gasteiger partial charge in [-0.3, -0.25) is 0 Å². The number of ether oxygens (including phenoxy) is 1. The Hall–Kier alpha value is -2.96. The zero-order valence-corrected chi connectivity index (χ0v) is 11.2. The number of aromatic nitrogens is 2. The van der Waals surface area contributed by atoms with E-state index >= 15 is 0 Å². The number of nitrogens with one attached hydrogen (secondary N) is 1. The lowest BCUT2D eigenvalue weighted by Gasteiger charge is -2.06. The largest absolute Gasteiger partial charge is 0.478 e. The lowest BCUT2D eigenvalue weighted by molar-refractivity contribution is 0.0592. The van der Waals surface area contributed by atoms with E-state index < -0.39 is 11.9 Å². The van der Waals surface area contributed by atoms with Crippen molar-refractivity contribution in [2.24, 2.45) is 0 Å². The number of benzene rings is 1. The summed E-state index contributed by atoms with van der Waals surface area (Å²) in [5.74, 6) is -0.998. The van der Waals surface area contributed by atoms with E-state index in [9.17, 15) is 9.59 Å². The van der Waals surface area contributed by atoms with Crippen molar-refractivity contribution in [1.82, 2.24) is 10.2 Å². The molecule has 7 nitrogen and oxygen atoms in total. The lowest BCUT2D eigenvalue weighted by Crippen LogP contribution is -2.08. The van der Waals surface area contributed by atoms with Crippen molar-refractivity contribution < 1.29 is 19.4 Å². The molecule has 21 heavy (non-hydrogen) atoms. The summed E-state index contributed by atoms with van der Waals surface area (Å²) in [4.78, 5) is 21.9. The van der Waals surface area contributed by atoms with Gasteiger partial charge < -0.3 is 15.2 Å². The molecule has 0 radical (unpaired) electrons. The molecule has 2 N–H and O–H groups in total. The van der Waals surface area contributed by atoms with Gasteiger partial charge in [0, 0.05) is 6.54 Å². The first-order valence-corrected chi connectivity index (χ1v) is 6.08. The number of carboxylic acid groups (broad SMARTS) is 1. The maximum Gasteiger partial charge on any atom is 0.358 e. The highest BCUT2D eigenvalue weighted by molar-refractivity contribution is 5.87. The number of hydrogen-bond donors (Lipinski definition) is 2. The summed E-state index contributed by atoms with van der Waals surface area (Å²) < 4.78 is 4.53. The molecule has 0 saturated carbocycles. The molecule has 108 valence electrons. The van der Waals surface area contributed by atoms with Gasteiger partial charge in [-0.1, -0.05) is 12.1 Å². The highest BCUT2D eigenvalue weighted by atomic mass is 16.5. The molecule has 0 atom stereocenters. The summed E-state index contributed by atoms with van der Waals surface area (Å²) in [6.07, 6.45) is 0. The molecule has 0 fully saturated rings. The van der Waals surface area contributed by atoms with Crippen LogP contribution < -0.4 is 5.32 Å². The Morgan fingerprint density at radius 3 is 2.38 bits per heavy atom.